The molecule has 1 aromatic rings. The molecule has 0 aliphatic carbocycles. The first-order valence-corrected chi connectivity index (χ1v) is 5.13. The summed E-state index contributed by atoms with van der Waals surface area (Å²) in [7, 11) is 0. The lowest BCUT2D eigenvalue weighted by Gasteiger charge is -2.11. The van der Waals surface area contributed by atoms with Crippen molar-refractivity contribution in [1.29, 1.82) is 0 Å². The summed E-state index contributed by atoms with van der Waals surface area (Å²) >= 11 is 0. The number of nitrogens with two attached hydrogens (primary N) is 2. The molecule has 0 aliphatic rings. The molecule has 0 aliphatic heterocycles. The van der Waals surface area contributed by atoms with Crippen LogP contribution in [0.15, 0.2) is 18.2 Å². The number of nitrogens with one attached hydrogen (secondary N) is 2. The van der Waals surface area contributed by atoms with Gasteiger partial charge in [-0.25, -0.2) is 0 Å². The van der Waals surface area contributed by atoms with Crippen LogP contribution in [0.2, 0.25) is 0 Å². The first-order chi connectivity index (χ1) is 7.95. The molecule has 0 bridgehead atoms. The monoisotopic (exact) mass is 236 g/mol. The van der Waals surface area contributed by atoms with Gasteiger partial charge in [-0.1, -0.05) is 0 Å². The van der Waals surface area contributed by atoms with Crippen molar-refractivity contribution in [2.24, 2.45) is 11.6 Å². The molecule has 6 nitrogen and oxygen atoms in total. The summed E-state index contributed by atoms with van der Waals surface area (Å²) in [5.41, 5.74) is 9.61. The van der Waals surface area contributed by atoms with E-state index in [9.17, 15) is 9.59 Å². The van der Waals surface area contributed by atoms with Gasteiger partial charge in [0, 0.05) is 5.56 Å². The van der Waals surface area contributed by atoms with Crippen LogP contribution in [0.4, 0.5) is 5.69 Å². The number of hydrazine groups is 1. The molecule has 1 rings (SSSR count). The molecule has 0 saturated carbocycles. The lowest BCUT2D eigenvalue weighted by atomic mass is 10.1. The molecule has 92 valence electrons. The van der Waals surface area contributed by atoms with E-state index in [1.807, 2.05) is 6.92 Å². The van der Waals surface area contributed by atoms with Gasteiger partial charge < -0.3 is 16.5 Å². The van der Waals surface area contributed by atoms with Crippen molar-refractivity contribution in [1.82, 2.24) is 5.32 Å². The van der Waals surface area contributed by atoms with E-state index >= 15 is 0 Å². The number of rotatable bonds is 4. The van der Waals surface area contributed by atoms with E-state index < -0.39 is 11.9 Å². The Kier molecular flexibility index (Phi) is 4.06. The summed E-state index contributed by atoms with van der Waals surface area (Å²) in [6.45, 7) is 3.35. The molecule has 1 unspecified atom stereocenters. The minimum atomic E-state index is -0.699. The number of primary amides is 1. The van der Waals surface area contributed by atoms with E-state index in [4.69, 9.17) is 11.6 Å². The molecule has 2 amide bonds. The summed E-state index contributed by atoms with van der Waals surface area (Å²) < 4.78 is 0. The second-order valence-electron chi connectivity index (χ2n) is 3.77. The molecule has 6 heteroatoms. The maximum Gasteiger partial charge on any atom is 0.251 e. The van der Waals surface area contributed by atoms with E-state index in [1.54, 1.807) is 18.2 Å². The Hall–Kier alpha value is -2.08. The van der Waals surface area contributed by atoms with E-state index in [2.05, 4.69) is 10.7 Å². The zero-order valence-corrected chi connectivity index (χ0v) is 9.78. The Morgan fingerprint density at radius 3 is 2.47 bits per heavy atom. The normalized spacial score (nSPS) is 11.7. The number of hydrogen-bond donors (Lipinski definition) is 4. The number of benzene rings is 1. The quantitative estimate of drug-likeness (QED) is 0.431. The van der Waals surface area contributed by atoms with Gasteiger partial charge in [0.25, 0.3) is 5.91 Å². The average molecular weight is 236 g/mol. The van der Waals surface area contributed by atoms with Crippen LogP contribution in [0.25, 0.3) is 0 Å². The van der Waals surface area contributed by atoms with Crippen molar-refractivity contribution in [2.45, 2.75) is 19.9 Å². The second kappa shape index (κ2) is 5.31. The third kappa shape index (κ3) is 3.18. The number of anilines is 1. The fourth-order valence-electron chi connectivity index (χ4n) is 1.32. The molecular formula is C11H16N4O2. The van der Waals surface area contributed by atoms with E-state index in [-0.39, 0.29) is 5.91 Å². The van der Waals surface area contributed by atoms with Crippen molar-refractivity contribution < 1.29 is 9.59 Å². The molecule has 0 radical (unpaired) electrons. The average Bonchev–Trinajstić information content (AvgIpc) is 2.28. The molecule has 0 fully saturated rings. The standard InChI is InChI=1S/C11H16N4O2/c1-6-5-8(3-4-9(6)15-13)11(17)14-7(2)10(12)16/h3-5,7,15H,13H2,1-2H3,(H2,12,16)(H,14,17). The minimum Gasteiger partial charge on any atom is -0.368 e. The highest BCUT2D eigenvalue weighted by molar-refractivity contribution is 5.97. The van der Waals surface area contributed by atoms with Gasteiger partial charge in [-0.3, -0.25) is 15.4 Å². The molecule has 0 saturated heterocycles. The predicted molar refractivity (Wildman–Crippen MR) is 65.1 cm³/mol. The largest absolute Gasteiger partial charge is 0.368 e. The van der Waals surface area contributed by atoms with Gasteiger partial charge in [-0.15, -0.1) is 0 Å². The van der Waals surface area contributed by atoms with Gasteiger partial charge in [0.05, 0.1) is 5.69 Å². The van der Waals surface area contributed by atoms with Crippen molar-refractivity contribution >= 4 is 17.5 Å². The Morgan fingerprint density at radius 2 is 2.00 bits per heavy atom. The molecule has 1 atom stereocenters. The van der Waals surface area contributed by atoms with Crippen LogP contribution in [0.5, 0.6) is 0 Å². The lowest BCUT2D eigenvalue weighted by molar-refractivity contribution is -0.119. The molecule has 1 aromatic carbocycles. The van der Waals surface area contributed by atoms with Crippen LogP contribution in [0.3, 0.4) is 0 Å². The first kappa shape index (κ1) is 13.0. The van der Waals surface area contributed by atoms with Crippen LogP contribution in [0, 0.1) is 6.92 Å². The van der Waals surface area contributed by atoms with Gasteiger partial charge in [-0.05, 0) is 37.6 Å². The van der Waals surface area contributed by atoms with Gasteiger partial charge in [0.2, 0.25) is 5.91 Å². The molecule has 6 N–H and O–H groups in total. The number of aryl methyl sites for hydroxylation is 1. The Morgan fingerprint density at radius 1 is 1.35 bits per heavy atom. The zero-order chi connectivity index (χ0) is 13.0. The van der Waals surface area contributed by atoms with E-state index in [0.717, 1.165) is 11.3 Å². The maximum absolute atomic E-state index is 11.7. The molecule has 0 aromatic heterocycles. The van der Waals surface area contributed by atoms with Crippen LogP contribution in [-0.4, -0.2) is 17.9 Å². The Bertz CT molecular complexity index is 445. The van der Waals surface area contributed by atoms with Crippen LogP contribution < -0.4 is 22.3 Å². The number of amides is 2. The maximum atomic E-state index is 11.7. The first-order valence-electron chi connectivity index (χ1n) is 5.13. The van der Waals surface area contributed by atoms with Gasteiger partial charge in [0.1, 0.15) is 6.04 Å². The SMILES string of the molecule is Cc1cc(C(=O)NC(C)C(N)=O)ccc1NN. The summed E-state index contributed by atoms with van der Waals surface area (Å²) in [4.78, 5) is 22.6. The summed E-state index contributed by atoms with van der Waals surface area (Å²) in [5, 5.41) is 2.50. The van der Waals surface area contributed by atoms with Crippen molar-refractivity contribution in [2.75, 3.05) is 5.43 Å². The van der Waals surface area contributed by atoms with Gasteiger partial charge in [-0.2, -0.15) is 0 Å². The van der Waals surface area contributed by atoms with Crippen molar-refractivity contribution in [3.8, 4) is 0 Å². The smallest absolute Gasteiger partial charge is 0.251 e. The topological polar surface area (TPSA) is 110 Å². The fraction of sp³-hybridized carbons (Fsp3) is 0.273. The highest BCUT2D eigenvalue weighted by Gasteiger charge is 2.14. The van der Waals surface area contributed by atoms with Crippen LogP contribution in [-0.2, 0) is 4.79 Å². The number of carbonyl (C=O) groups excluding carboxylic acids is 2. The lowest BCUT2D eigenvalue weighted by Crippen LogP contribution is -2.42. The summed E-state index contributed by atoms with van der Waals surface area (Å²) in [6, 6.07) is 4.29. The fourth-order valence-corrected chi connectivity index (χ4v) is 1.32. The van der Waals surface area contributed by atoms with Gasteiger partial charge >= 0.3 is 0 Å². The van der Waals surface area contributed by atoms with Crippen LogP contribution in [0.1, 0.15) is 22.8 Å². The number of hydrogen-bond acceptors (Lipinski definition) is 4. The third-order valence-electron chi connectivity index (χ3n) is 2.42. The number of nitrogen functional groups attached to an aromatic ring is 1. The minimum absolute atomic E-state index is 0.344. The Labute approximate surface area is 99.3 Å². The summed E-state index contributed by atoms with van der Waals surface area (Å²) in [6.07, 6.45) is 0. The van der Waals surface area contributed by atoms with Crippen molar-refractivity contribution in [3.63, 3.8) is 0 Å². The van der Waals surface area contributed by atoms with Gasteiger partial charge in [0.15, 0.2) is 0 Å². The second-order valence-corrected chi connectivity index (χ2v) is 3.77. The van der Waals surface area contributed by atoms with E-state index in [1.165, 1.54) is 6.92 Å². The highest BCUT2D eigenvalue weighted by Crippen LogP contribution is 2.15. The Balaban J connectivity index is 2.83. The number of carbonyl (C=O) groups is 2. The highest BCUT2D eigenvalue weighted by atomic mass is 16.2. The van der Waals surface area contributed by atoms with Crippen LogP contribution >= 0.6 is 0 Å². The molecule has 17 heavy (non-hydrogen) atoms. The molecule has 0 spiro atoms. The zero-order valence-electron chi connectivity index (χ0n) is 9.78. The van der Waals surface area contributed by atoms with E-state index in [0.29, 0.717) is 5.56 Å². The third-order valence-corrected chi connectivity index (χ3v) is 2.42. The van der Waals surface area contributed by atoms with Crippen molar-refractivity contribution in [3.05, 3.63) is 29.3 Å². The summed E-state index contributed by atoms with van der Waals surface area (Å²) in [5.74, 6) is 4.37. The molecule has 0 heterocycles. The molecular weight excluding hydrogens is 220 g/mol. The predicted octanol–water partition coefficient (Wildman–Crippen LogP) is -0.116.